The minimum absolute atomic E-state index is 0.0851. The van der Waals surface area contributed by atoms with Crippen molar-refractivity contribution in [1.29, 1.82) is 0 Å². The largest absolute Gasteiger partial charge is 0.456 e. The molecule has 0 unspecified atom stereocenters. The van der Waals surface area contributed by atoms with E-state index in [4.69, 9.17) is 4.74 Å². The van der Waals surface area contributed by atoms with Crippen LogP contribution in [0.3, 0.4) is 0 Å². The lowest BCUT2D eigenvalue weighted by atomic mass is 10.1. The van der Waals surface area contributed by atoms with Crippen LogP contribution in [0.15, 0.2) is 48.5 Å². The lowest BCUT2D eigenvalue weighted by Gasteiger charge is -2.14. The Morgan fingerprint density at radius 3 is 2.41 bits per heavy atom. The smallest absolute Gasteiger partial charge is 0.306 e. The average Bonchev–Trinajstić information content (AvgIpc) is 2.70. The summed E-state index contributed by atoms with van der Waals surface area (Å²) in [6, 6.07) is 15.2. The fourth-order valence-corrected chi connectivity index (χ4v) is 2.80. The number of amides is 2. The molecule has 6 heteroatoms. The Bertz CT molecular complexity index is 849. The number of anilines is 1. The summed E-state index contributed by atoms with van der Waals surface area (Å²) in [5.74, 6) is -1.00. The van der Waals surface area contributed by atoms with Gasteiger partial charge in [-0.15, -0.1) is 0 Å². The van der Waals surface area contributed by atoms with Crippen LogP contribution in [0.2, 0.25) is 0 Å². The molecule has 0 saturated carbocycles. The van der Waals surface area contributed by atoms with Crippen LogP contribution in [0.25, 0.3) is 0 Å². The molecule has 6 nitrogen and oxygen atoms in total. The van der Waals surface area contributed by atoms with Crippen molar-refractivity contribution in [1.82, 2.24) is 5.32 Å². The molecule has 1 atom stereocenters. The summed E-state index contributed by atoms with van der Waals surface area (Å²) in [5.41, 5.74) is 3.80. The second-order valence-corrected chi connectivity index (χ2v) is 7.08. The maximum atomic E-state index is 12.1. The Kier molecular flexibility index (Phi) is 8.40. The number of rotatable bonds is 9. The molecule has 154 valence electrons. The number of aryl methyl sites for hydroxylation is 2. The minimum Gasteiger partial charge on any atom is -0.456 e. The van der Waals surface area contributed by atoms with E-state index < -0.39 is 5.97 Å². The van der Waals surface area contributed by atoms with Crippen LogP contribution in [-0.2, 0) is 19.1 Å². The highest BCUT2D eigenvalue weighted by molar-refractivity contribution is 5.91. The van der Waals surface area contributed by atoms with Crippen molar-refractivity contribution in [2.24, 2.45) is 0 Å². The van der Waals surface area contributed by atoms with Gasteiger partial charge in [-0.3, -0.25) is 14.4 Å². The summed E-state index contributed by atoms with van der Waals surface area (Å²) in [7, 11) is 0. The van der Waals surface area contributed by atoms with Crippen molar-refractivity contribution in [2.45, 2.75) is 46.1 Å². The van der Waals surface area contributed by atoms with Gasteiger partial charge < -0.3 is 15.4 Å². The molecular weight excluding hydrogens is 368 g/mol. The highest BCUT2D eigenvalue weighted by Gasteiger charge is 2.12. The Labute approximate surface area is 171 Å². The number of hydrogen-bond donors (Lipinski definition) is 2. The van der Waals surface area contributed by atoms with Gasteiger partial charge in [-0.2, -0.15) is 0 Å². The summed E-state index contributed by atoms with van der Waals surface area (Å²) in [4.78, 5) is 35.8. The molecule has 0 aromatic heterocycles. The molecule has 0 heterocycles. The number of nitrogens with one attached hydrogen (secondary N) is 2. The minimum atomic E-state index is -0.493. The summed E-state index contributed by atoms with van der Waals surface area (Å²) < 4.78 is 4.99. The number of carbonyl (C=O) groups is 3. The van der Waals surface area contributed by atoms with E-state index in [1.807, 2.05) is 69.3 Å². The molecule has 0 aliphatic rings. The van der Waals surface area contributed by atoms with Gasteiger partial charge in [-0.1, -0.05) is 42.5 Å². The van der Waals surface area contributed by atoms with Crippen molar-refractivity contribution in [3.05, 3.63) is 65.2 Å². The molecule has 2 amide bonds. The quantitative estimate of drug-likeness (QED) is 0.631. The maximum Gasteiger partial charge on any atom is 0.306 e. The van der Waals surface area contributed by atoms with Crippen LogP contribution in [-0.4, -0.2) is 24.4 Å². The van der Waals surface area contributed by atoms with Gasteiger partial charge in [0.05, 0.1) is 6.04 Å². The highest BCUT2D eigenvalue weighted by Crippen LogP contribution is 2.17. The zero-order valence-electron chi connectivity index (χ0n) is 17.2. The lowest BCUT2D eigenvalue weighted by Crippen LogP contribution is -2.31. The number of esters is 1. The third kappa shape index (κ3) is 7.78. The van der Waals surface area contributed by atoms with Gasteiger partial charge in [-0.25, -0.2) is 0 Å². The zero-order valence-corrected chi connectivity index (χ0v) is 17.2. The summed E-state index contributed by atoms with van der Waals surface area (Å²) in [5, 5.41) is 5.64. The molecular formula is C23H28N2O4. The molecule has 2 N–H and O–H groups in total. The molecule has 0 aliphatic heterocycles. The average molecular weight is 396 g/mol. The van der Waals surface area contributed by atoms with Gasteiger partial charge in [0, 0.05) is 18.5 Å². The van der Waals surface area contributed by atoms with Crippen LogP contribution in [0, 0.1) is 13.8 Å². The van der Waals surface area contributed by atoms with E-state index in [-0.39, 0.29) is 37.3 Å². The fourth-order valence-electron chi connectivity index (χ4n) is 2.80. The Hall–Kier alpha value is -3.15. The van der Waals surface area contributed by atoms with E-state index >= 15 is 0 Å². The normalized spacial score (nSPS) is 11.4. The van der Waals surface area contributed by atoms with Crippen molar-refractivity contribution >= 4 is 23.5 Å². The highest BCUT2D eigenvalue weighted by atomic mass is 16.5. The first-order valence-corrected chi connectivity index (χ1v) is 9.72. The third-order valence-electron chi connectivity index (χ3n) is 4.49. The molecule has 2 rings (SSSR count). The zero-order chi connectivity index (χ0) is 21.2. The predicted molar refractivity (Wildman–Crippen MR) is 112 cm³/mol. The number of benzene rings is 2. The number of carbonyl (C=O) groups excluding carboxylic acids is 3. The van der Waals surface area contributed by atoms with E-state index in [0.29, 0.717) is 6.42 Å². The van der Waals surface area contributed by atoms with Gasteiger partial charge in [0.1, 0.15) is 0 Å². The van der Waals surface area contributed by atoms with Gasteiger partial charge >= 0.3 is 5.97 Å². The summed E-state index contributed by atoms with van der Waals surface area (Å²) in [6.07, 6.45) is 0.652. The Morgan fingerprint density at radius 1 is 0.966 bits per heavy atom. The van der Waals surface area contributed by atoms with Gasteiger partial charge in [0.25, 0.3) is 5.91 Å². The van der Waals surface area contributed by atoms with Crippen LogP contribution < -0.4 is 10.6 Å². The Balaban J connectivity index is 1.64. The van der Waals surface area contributed by atoms with E-state index in [9.17, 15) is 14.4 Å². The topological polar surface area (TPSA) is 84.5 Å². The lowest BCUT2D eigenvalue weighted by molar-refractivity contribution is -0.148. The molecule has 29 heavy (non-hydrogen) atoms. The predicted octanol–water partition coefficient (Wildman–Crippen LogP) is 3.83. The van der Waals surface area contributed by atoms with Crippen LogP contribution in [0.1, 0.15) is 48.9 Å². The second kappa shape index (κ2) is 11.0. The second-order valence-electron chi connectivity index (χ2n) is 7.08. The van der Waals surface area contributed by atoms with Gasteiger partial charge in [0.2, 0.25) is 5.91 Å². The fraction of sp³-hybridized carbons (Fsp3) is 0.348. The molecule has 2 aromatic rings. The van der Waals surface area contributed by atoms with E-state index in [1.54, 1.807) is 0 Å². The first-order chi connectivity index (χ1) is 13.8. The van der Waals surface area contributed by atoms with Crippen molar-refractivity contribution in [3.8, 4) is 0 Å². The first kappa shape index (κ1) is 22.1. The van der Waals surface area contributed by atoms with Crippen LogP contribution >= 0.6 is 0 Å². The monoisotopic (exact) mass is 396 g/mol. The van der Waals surface area contributed by atoms with E-state index in [2.05, 4.69) is 10.6 Å². The molecule has 0 fully saturated rings. The molecule has 0 saturated heterocycles. The Morgan fingerprint density at radius 2 is 1.69 bits per heavy atom. The van der Waals surface area contributed by atoms with Gasteiger partial charge in [0.15, 0.2) is 6.61 Å². The summed E-state index contributed by atoms with van der Waals surface area (Å²) in [6.45, 7) is 5.42. The van der Waals surface area contributed by atoms with E-state index in [0.717, 1.165) is 22.4 Å². The van der Waals surface area contributed by atoms with Crippen LogP contribution in [0.5, 0.6) is 0 Å². The van der Waals surface area contributed by atoms with Gasteiger partial charge in [-0.05, 0) is 49.9 Å². The van der Waals surface area contributed by atoms with Crippen molar-refractivity contribution in [3.63, 3.8) is 0 Å². The van der Waals surface area contributed by atoms with Crippen molar-refractivity contribution < 1.29 is 19.1 Å². The molecule has 2 aromatic carbocycles. The third-order valence-corrected chi connectivity index (χ3v) is 4.49. The standard InChI is InChI=1S/C23H28N2O4/c1-16-12-13-17(2)20(14-16)25-21(26)10-7-11-23(28)29-15-22(27)24-18(3)19-8-5-4-6-9-19/h4-6,8-9,12-14,18H,7,10-11,15H2,1-3H3,(H,24,27)(H,25,26)/t18-/m1/s1. The molecule has 0 radical (unpaired) electrons. The molecule has 0 spiro atoms. The van der Waals surface area contributed by atoms with Crippen molar-refractivity contribution in [2.75, 3.05) is 11.9 Å². The number of ether oxygens (including phenoxy) is 1. The SMILES string of the molecule is Cc1ccc(C)c(NC(=O)CCCC(=O)OCC(=O)N[C@H](C)c2ccccc2)c1. The van der Waals surface area contributed by atoms with Crippen LogP contribution in [0.4, 0.5) is 5.69 Å². The van der Waals surface area contributed by atoms with E-state index in [1.165, 1.54) is 0 Å². The maximum absolute atomic E-state index is 12.1. The molecule has 0 aliphatic carbocycles. The molecule has 0 bridgehead atoms. The number of hydrogen-bond acceptors (Lipinski definition) is 4. The summed E-state index contributed by atoms with van der Waals surface area (Å²) >= 11 is 0. The first-order valence-electron chi connectivity index (χ1n) is 9.72.